The van der Waals surface area contributed by atoms with Crippen molar-refractivity contribution in [3.63, 3.8) is 0 Å². The number of benzene rings is 2. The standard InChI is InChI=1S/C17H15F3N/c18-17(19,20)15-9-7-13(8-10-15)12-21-11-3-5-14-4-1-2-6-16(14)21/h2,4,6-10H,3,5,11-12H2. The number of rotatable bonds is 2. The van der Waals surface area contributed by atoms with Crippen LogP contribution in [0.3, 0.4) is 0 Å². The quantitative estimate of drug-likeness (QED) is 0.789. The van der Waals surface area contributed by atoms with E-state index in [0.717, 1.165) is 37.1 Å². The normalized spacial score (nSPS) is 14.9. The Hall–Kier alpha value is -1.97. The van der Waals surface area contributed by atoms with Crippen molar-refractivity contribution in [2.75, 3.05) is 11.4 Å². The lowest BCUT2D eigenvalue weighted by Crippen LogP contribution is -2.28. The van der Waals surface area contributed by atoms with E-state index in [2.05, 4.69) is 11.0 Å². The predicted molar refractivity (Wildman–Crippen MR) is 76.1 cm³/mol. The van der Waals surface area contributed by atoms with Crippen LogP contribution in [0, 0.1) is 6.07 Å². The van der Waals surface area contributed by atoms with E-state index in [1.54, 1.807) is 12.1 Å². The minimum atomic E-state index is -4.27. The molecule has 109 valence electrons. The summed E-state index contributed by atoms with van der Waals surface area (Å²) in [4.78, 5) is 2.22. The molecule has 1 heterocycles. The van der Waals surface area contributed by atoms with E-state index < -0.39 is 11.7 Å². The molecule has 21 heavy (non-hydrogen) atoms. The lowest BCUT2D eigenvalue weighted by Gasteiger charge is -2.31. The van der Waals surface area contributed by atoms with Crippen molar-refractivity contribution in [1.82, 2.24) is 0 Å². The molecular weight excluding hydrogens is 275 g/mol. The Morgan fingerprint density at radius 2 is 1.86 bits per heavy atom. The van der Waals surface area contributed by atoms with E-state index in [1.165, 1.54) is 11.3 Å². The minimum absolute atomic E-state index is 0.597. The van der Waals surface area contributed by atoms with Crippen LogP contribution in [0.4, 0.5) is 18.9 Å². The van der Waals surface area contributed by atoms with Crippen molar-refractivity contribution < 1.29 is 13.2 Å². The highest BCUT2D eigenvalue weighted by atomic mass is 19.4. The maximum atomic E-state index is 12.6. The molecule has 0 spiro atoms. The fourth-order valence-electron chi connectivity index (χ4n) is 2.73. The summed E-state index contributed by atoms with van der Waals surface area (Å²) in [6.07, 6.45) is -2.17. The van der Waals surface area contributed by atoms with Crippen LogP contribution in [0.1, 0.15) is 23.1 Å². The SMILES string of the molecule is FC(F)(F)c1ccc(CN2CCCc3c[c]ccc32)cc1. The monoisotopic (exact) mass is 290 g/mol. The number of anilines is 1. The average molecular weight is 290 g/mol. The highest BCUT2D eigenvalue weighted by Gasteiger charge is 2.30. The first-order valence-corrected chi connectivity index (χ1v) is 6.94. The number of nitrogens with zero attached hydrogens (tertiary/aromatic N) is 1. The molecule has 1 aliphatic heterocycles. The van der Waals surface area contributed by atoms with Gasteiger partial charge in [-0.05, 0) is 54.3 Å². The summed E-state index contributed by atoms with van der Waals surface area (Å²) in [5, 5.41) is 0. The summed E-state index contributed by atoms with van der Waals surface area (Å²) in [5.41, 5.74) is 2.72. The van der Waals surface area contributed by atoms with Crippen LogP contribution >= 0.6 is 0 Å². The predicted octanol–water partition coefficient (Wildman–Crippen LogP) is 4.46. The Labute approximate surface area is 122 Å². The summed E-state index contributed by atoms with van der Waals surface area (Å²) >= 11 is 0. The largest absolute Gasteiger partial charge is 0.416 e. The zero-order valence-electron chi connectivity index (χ0n) is 11.5. The molecule has 0 N–H and O–H groups in total. The second-order valence-corrected chi connectivity index (χ2v) is 5.27. The van der Waals surface area contributed by atoms with E-state index in [0.29, 0.717) is 6.54 Å². The van der Waals surface area contributed by atoms with E-state index in [-0.39, 0.29) is 0 Å². The molecule has 1 radical (unpaired) electrons. The average Bonchev–Trinajstić information content (AvgIpc) is 2.47. The van der Waals surface area contributed by atoms with Gasteiger partial charge in [0.05, 0.1) is 5.56 Å². The third kappa shape index (κ3) is 3.04. The van der Waals surface area contributed by atoms with E-state index in [9.17, 15) is 13.2 Å². The van der Waals surface area contributed by atoms with Crippen molar-refractivity contribution in [1.29, 1.82) is 0 Å². The number of hydrogen-bond donors (Lipinski definition) is 0. The third-order valence-corrected chi connectivity index (χ3v) is 3.79. The maximum absolute atomic E-state index is 12.6. The van der Waals surface area contributed by atoms with Gasteiger partial charge in [-0.25, -0.2) is 0 Å². The molecule has 0 fully saturated rings. The van der Waals surface area contributed by atoms with Gasteiger partial charge in [0, 0.05) is 18.8 Å². The van der Waals surface area contributed by atoms with Crippen molar-refractivity contribution >= 4 is 5.69 Å². The van der Waals surface area contributed by atoms with Crippen LogP contribution in [0.5, 0.6) is 0 Å². The first kappa shape index (κ1) is 14.0. The van der Waals surface area contributed by atoms with Gasteiger partial charge >= 0.3 is 6.18 Å². The molecule has 1 nitrogen and oxygen atoms in total. The Bertz CT molecular complexity index is 617. The van der Waals surface area contributed by atoms with Crippen molar-refractivity contribution in [2.45, 2.75) is 25.6 Å². The highest BCUT2D eigenvalue weighted by molar-refractivity contribution is 5.55. The lowest BCUT2D eigenvalue weighted by atomic mass is 10.0. The number of hydrogen-bond acceptors (Lipinski definition) is 1. The first-order chi connectivity index (χ1) is 10.0. The highest BCUT2D eigenvalue weighted by Crippen LogP contribution is 2.31. The molecular formula is C17H15F3N. The van der Waals surface area contributed by atoms with Gasteiger partial charge in [-0.3, -0.25) is 0 Å². The Kier molecular flexibility index (Phi) is 3.62. The Balaban J connectivity index is 1.79. The van der Waals surface area contributed by atoms with E-state index in [1.807, 2.05) is 18.2 Å². The lowest BCUT2D eigenvalue weighted by molar-refractivity contribution is -0.137. The van der Waals surface area contributed by atoms with E-state index >= 15 is 0 Å². The van der Waals surface area contributed by atoms with Crippen LogP contribution in [0.25, 0.3) is 0 Å². The van der Waals surface area contributed by atoms with Crippen LogP contribution in [-0.4, -0.2) is 6.54 Å². The zero-order chi connectivity index (χ0) is 14.9. The van der Waals surface area contributed by atoms with Gasteiger partial charge in [0.2, 0.25) is 0 Å². The molecule has 2 aromatic carbocycles. The molecule has 0 atom stereocenters. The zero-order valence-corrected chi connectivity index (χ0v) is 11.5. The minimum Gasteiger partial charge on any atom is -0.367 e. The van der Waals surface area contributed by atoms with Crippen molar-refractivity contribution in [3.8, 4) is 0 Å². The van der Waals surface area contributed by atoms with Gasteiger partial charge in [0.15, 0.2) is 0 Å². The third-order valence-electron chi connectivity index (χ3n) is 3.79. The summed E-state index contributed by atoms with van der Waals surface area (Å²) in [5.74, 6) is 0. The summed E-state index contributed by atoms with van der Waals surface area (Å²) < 4.78 is 37.7. The van der Waals surface area contributed by atoms with Gasteiger partial charge in [-0.1, -0.05) is 18.2 Å². The first-order valence-electron chi connectivity index (χ1n) is 6.94. The second kappa shape index (κ2) is 5.43. The summed E-state index contributed by atoms with van der Waals surface area (Å²) in [6, 6.07) is 14.4. The number of aryl methyl sites for hydroxylation is 1. The van der Waals surface area contributed by atoms with Gasteiger partial charge in [-0.15, -0.1) is 0 Å². The molecule has 0 saturated heterocycles. The van der Waals surface area contributed by atoms with Gasteiger partial charge in [-0.2, -0.15) is 13.2 Å². The molecule has 1 aliphatic rings. The molecule has 0 amide bonds. The maximum Gasteiger partial charge on any atom is 0.416 e. The fraction of sp³-hybridized carbons (Fsp3) is 0.294. The van der Waals surface area contributed by atoms with Gasteiger partial charge < -0.3 is 4.90 Å². The fourth-order valence-corrected chi connectivity index (χ4v) is 2.73. The molecule has 0 aliphatic carbocycles. The van der Waals surface area contributed by atoms with Crippen LogP contribution in [0.2, 0.25) is 0 Å². The van der Waals surface area contributed by atoms with E-state index in [4.69, 9.17) is 0 Å². The van der Waals surface area contributed by atoms with Crippen LogP contribution in [-0.2, 0) is 19.1 Å². The number of alkyl halides is 3. The van der Waals surface area contributed by atoms with Crippen molar-refractivity contribution in [2.24, 2.45) is 0 Å². The molecule has 2 aromatic rings. The molecule has 0 aromatic heterocycles. The van der Waals surface area contributed by atoms with Crippen molar-refractivity contribution in [3.05, 3.63) is 65.2 Å². The van der Waals surface area contributed by atoms with Gasteiger partial charge in [0.25, 0.3) is 0 Å². The summed E-state index contributed by atoms with van der Waals surface area (Å²) in [7, 11) is 0. The second-order valence-electron chi connectivity index (χ2n) is 5.27. The number of halogens is 3. The molecule has 0 bridgehead atoms. The Morgan fingerprint density at radius 1 is 1.10 bits per heavy atom. The van der Waals surface area contributed by atoms with Gasteiger partial charge in [0.1, 0.15) is 0 Å². The van der Waals surface area contributed by atoms with Crippen LogP contribution < -0.4 is 4.90 Å². The molecule has 0 unspecified atom stereocenters. The van der Waals surface area contributed by atoms with Crippen LogP contribution in [0.15, 0.2) is 42.5 Å². The topological polar surface area (TPSA) is 3.24 Å². The molecule has 3 rings (SSSR count). The number of fused-ring (bicyclic) bond motifs is 1. The molecule has 0 saturated carbocycles. The summed E-state index contributed by atoms with van der Waals surface area (Å²) in [6.45, 7) is 1.56. The molecule has 4 heteroatoms. The smallest absolute Gasteiger partial charge is 0.367 e. The Morgan fingerprint density at radius 3 is 2.57 bits per heavy atom.